The van der Waals surface area contributed by atoms with Gasteiger partial charge in [-0.2, -0.15) is 0 Å². The quantitative estimate of drug-likeness (QED) is 0.741. The van der Waals surface area contributed by atoms with E-state index in [2.05, 4.69) is 4.72 Å². The van der Waals surface area contributed by atoms with Gasteiger partial charge >= 0.3 is 0 Å². The standard InChI is InChI=1S/C13H26N2O2S/c14-10-13(12-4-2-1-3-5-12)15-18(16,17)9-8-11-6-7-11/h11-13,15H,1-10,14H2. The third-order valence-corrected chi connectivity index (χ3v) is 5.73. The van der Waals surface area contributed by atoms with Crippen LogP contribution in [0.5, 0.6) is 0 Å². The molecule has 5 heteroatoms. The molecule has 0 aromatic heterocycles. The molecule has 2 fully saturated rings. The zero-order valence-electron chi connectivity index (χ0n) is 11.1. The summed E-state index contributed by atoms with van der Waals surface area (Å²) >= 11 is 0. The van der Waals surface area contributed by atoms with E-state index in [4.69, 9.17) is 5.73 Å². The Labute approximate surface area is 111 Å². The number of nitrogens with one attached hydrogen (secondary N) is 1. The van der Waals surface area contributed by atoms with E-state index in [1.165, 1.54) is 32.1 Å². The molecule has 4 nitrogen and oxygen atoms in total. The lowest BCUT2D eigenvalue weighted by molar-refractivity contribution is 0.294. The number of hydrogen-bond acceptors (Lipinski definition) is 3. The van der Waals surface area contributed by atoms with Crippen LogP contribution in [-0.2, 0) is 10.0 Å². The number of rotatable bonds is 7. The molecule has 0 saturated heterocycles. The number of sulfonamides is 1. The molecule has 0 aromatic rings. The maximum atomic E-state index is 12.0. The van der Waals surface area contributed by atoms with Crippen LogP contribution in [0, 0.1) is 11.8 Å². The van der Waals surface area contributed by atoms with Crippen molar-refractivity contribution in [2.24, 2.45) is 17.6 Å². The largest absolute Gasteiger partial charge is 0.329 e. The second-order valence-corrected chi connectivity index (χ2v) is 7.78. The van der Waals surface area contributed by atoms with Crippen LogP contribution in [0.1, 0.15) is 51.4 Å². The highest BCUT2D eigenvalue weighted by Crippen LogP contribution is 2.32. The van der Waals surface area contributed by atoms with Crippen molar-refractivity contribution in [3.63, 3.8) is 0 Å². The van der Waals surface area contributed by atoms with Crippen LogP contribution in [0.2, 0.25) is 0 Å². The first-order chi connectivity index (χ1) is 8.61. The zero-order chi connectivity index (χ0) is 13.0. The first kappa shape index (κ1) is 14.3. The fourth-order valence-electron chi connectivity index (χ4n) is 2.89. The van der Waals surface area contributed by atoms with Gasteiger partial charge in [-0.15, -0.1) is 0 Å². The van der Waals surface area contributed by atoms with E-state index in [0.717, 1.165) is 19.3 Å². The molecule has 2 aliphatic carbocycles. The average Bonchev–Trinajstić information content (AvgIpc) is 3.19. The molecular weight excluding hydrogens is 248 g/mol. The van der Waals surface area contributed by atoms with Crippen molar-refractivity contribution in [2.45, 2.75) is 57.4 Å². The normalized spacial score (nSPS) is 24.1. The van der Waals surface area contributed by atoms with Gasteiger partial charge in [-0.1, -0.05) is 32.1 Å². The predicted octanol–water partition coefficient (Wildman–Crippen LogP) is 1.61. The molecule has 106 valence electrons. The molecule has 3 N–H and O–H groups in total. The van der Waals surface area contributed by atoms with Gasteiger partial charge in [0.15, 0.2) is 0 Å². The van der Waals surface area contributed by atoms with Gasteiger partial charge in [0.25, 0.3) is 0 Å². The van der Waals surface area contributed by atoms with Gasteiger partial charge in [0.05, 0.1) is 5.75 Å². The van der Waals surface area contributed by atoms with Crippen LogP contribution in [-0.4, -0.2) is 26.8 Å². The zero-order valence-corrected chi connectivity index (χ0v) is 11.9. The second-order valence-electron chi connectivity index (χ2n) is 5.91. The van der Waals surface area contributed by atoms with E-state index >= 15 is 0 Å². The van der Waals surface area contributed by atoms with Gasteiger partial charge < -0.3 is 5.73 Å². The van der Waals surface area contributed by atoms with Gasteiger partial charge in [0.2, 0.25) is 10.0 Å². The van der Waals surface area contributed by atoms with Gasteiger partial charge in [0, 0.05) is 12.6 Å². The summed E-state index contributed by atoms with van der Waals surface area (Å²) in [4.78, 5) is 0. The molecule has 0 radical (unpaired) electrons. The Hall–Kier alpha value is -0.130. The fraction of sp³-hybridized carbons (Fsp3) is 1.00. The molecule has 0 aromatic carbocycles. The van der Waals surface area contributed by atoms with E-state index < -0.39 is 10.0 Å². The Morgan fingerprint density at radius 1 is 1.11 bits per heavy atom. The van der Waals surface area contributed by atoms with Crippen molar-refractivity contribution in [3.8, 4) is 0 Å². The molecule has 2 saturated carbocycles. The maximum absolute atomic E-state index is 12.0. The van der Waals surface area contributed by atoms with Crippen molar-refractivity contribution < 1.29 is 8.42 Å². The van der Waals surface area contributed by atoms with Crippen molar-refractivity contribution >= 4 is 10.0 Å². The molecule has 2 rings (SSSR count). The van der Waals surface area contributed by atoms with Gasteiger partial charge in [-0.05, 0) is 31.1 Å². The molecule has 1 unspecified atom stereocenters. The monoisotopic (exact) mass is 274 g/mol. The summed E-state index contributed by atoms with van der Waals surface area (Å²) in [5.74, 6) is 1.38. The van der Waals surface area contributed by atoms with Crippen molar-refractivity contribution in [2.75, 3.05) is 12.3 Å². The fourth-order valence-corrected chi connectivity index (χ4v) is 4.40. The van der Waals surface area contributed by atoms with Crippen LogP contribution in [0.25, 0.3) is 0 Å². The molecule has 18 heavy (non-hydrogen) atoms. The topological polar surface area (TPSA) is 72.2 Å². The molecule has 0 amide bonds. The molecule has 0 spiro atoms. The summed E-state index contributed by atoms with van der Waals surface area (Å²) in [7, 11) is -3.13. The Morgan fingerprint density at radius 2 is 1.78 bits per heavy atom. The minimum Gasteiger partial charge on any atom is -0.329 e. The van der Waals surface area contributed by atoms with Crippen molar-refractivity contribution in [3.05, 3.63) is 0 Å². The van der Waals surface area contributed by atoms with Gasteiger partial charge in [-0.25, -0.2) is 13.1 Å². The smallest absolute Gasteiger partial charge is 0.211 e. The molecule has 0 heterocycles. The Morgan fingerprint density at radius 3 is 2.33 bits per heavy atom. The average molecular weight is 274 g/mol. The third kappa shape index (κ3) is 4.52. The minimum atomic E-state index is -3.13. The predicted molar refractivity (Wildman–Crippen MR) is 73.7 cm³/mol. The van der Waals surface area contributed by atoms with E-state index in [1.54, 1.807) is 0 Å². The minimum absolute atomic E-state index is 0.0468. The molecular formula is C13H26N2O2S. The van der Waals surface area contributed by atoms with Gasteiger partial charge in [-0.3, -0.25) is 0 Å². The number of hydrogen-bond donors (Lipinski definition) is 2. The van der Waals surface area contributed by atoms with Crippen LogP contribution in [0.15, 0.2) is 0 Å². The van der Waals surface area contributed by atoms with Crippen LogP contribution >= 0.6 is 0 Å². The highest BCUT2D eigenvalue weighted by atomic mass is 32.2. The third-order valence-electron chi connectivity index (χ3n) is 4.30. The summed E-state index contributed by atoms with van der Waals surface area (Å²) in [5, 5.41) is 0. The van der Waals surface area contributed by atoms with Gasteiger partial charge in [0.1, 0.15) is 0 Å². The maximum Gasteiger partial charge on any atom is 0.211 e. The van der Waals surface area contributed by atoms with Crippen LogP contribution in [0.4, 0.5) is 0 Å². The molecule has 1 atom stereocenters. The molecule has 0 aliphatic heterocycles. The Kier molecular flexibility index (Phi) is 5.04. The Balaban J connectivity index is 1.82. The summed E-state index contributed by atoms with van der Waals surface area (Å²) < 4.78 is 26.9. The molecule has 2 aliphatic rings. The lowest BCUT2D eigenvalue weighted by Crippen LogP contribution is -2.46. The van der Waals surface area contributed by atoms with Crippen molar-refractivity contribution in [1.82, 2.24) is 4.72 Å². The summed E-state index contributed by atoms with van der Waals surface area (Å²) in [5.41, 5.74) is 5.75. The lowest BCUT2D eigenvalue weighted by atomic mass is 9.84. The highest BCUT2D eigenvalue weighted by molar-refractivity contribution is 7.89. The highest BCUT2D eigenvalue weighted by Gasteiger charge is 2.28. The first-order valence-corrected chi connectivity index (χ1v) is 8.96. The molecule has 0 bridgehead atoms. The Bertz CT molecular complexity index is 346. The SMILES string of the molecule is NCC(NS(=O)(=O)CCC1CC1)C1CCCCC1. The van der Waals surface area contributed by atoms with E-state index in [9.17, 15) is 8.42 Å². The summed E-state index contributed by atoms with van der Waals surface area (Å²) in [6.07, 6.45) is 9.17. The lowest BCUT2D eigenvalue weighted by Gasteiger charge is -2.29. The summed E-state index contributed by atoms with van der Waals surface area (Å²) in [6, 6.07) is -0.0468. The van der Waals surface area contributed by atoms with Crippen LogP contribution < -0.4 is 10.5 Å². The van der Waals surface area contributed by atoms with E-state index in [0.29, 0.717) is 18.4 Å². The van der Waals surface area contributed by atoms with Crippen LogP contribution in [0.3, 0.4) is 0 Å². The van der Waals surface area contributed by atoms with Crippen molar-refractivity contribution in [1.29, 1.82) is 0 Å². The summed E-state index contributed by atoms with van der Waals surface area (Å²) in [6.45, 7) is 0.424. The van der Waals surface area contributed by atoms with E-state index in [1.807, 2.05) is 0 Å². The number of nitrogens with two attached hydrogens (primary N) is 1. The van der Waals surface area contributed by atoms with E-state index in [-0.39, 0.29) is 11.8 Å². The first-order valence-electron chi connectivity index (χ1n) is 7.31. The second kappa shape index (κ2) is 6.35.